The van der Waals surface area contributed by atoms with E-state index >= 15 is 0 Å². The standard InChI is InChI=1S/C12H12Br2O4/c1-7(15)17-11-3-4-12(18-8(2)16)10(6-14)9(11)5-13/h3-4H,5-6H2,1-2H3. The minimum absolute atomic E-state index is 0.391. The van der Waals surface area contributed by atoms with Crippen LogP contribution in [0.15, 0.2) is 12.1 Å². The van der Waals surface area contributed by atoms with Crippen LogP contribution in [0, 0.1) is 0 Å². The number of esters is 2. The summed E-state index contributed by atoms with van der Waals surface area (Å²) in [5.74, 6) is 0.144. The van der Waals surface area contributed by atoms with E-state index in [-0.39, 0.29) is 0 Å². The zero-order valence-electron chi connectivity index (χ0n) is 9.96. The summed E-state index contributed by atoms with van der Waals surface area (Å²) >= 11 is 6.68. The van der Waals surface area contributed by atoms with Crippen LogP contribution in [-0.4, -0.2) is 11.9 Å². The molecule has 0 saturated heterocycles. The summed E-state index contributed by atoms with van der Waals surface area (Å²) in [6.45, 7) is 2.68. The molecule has 0 aliphatic heterocycles. The number of alkyl halides is 2. The minimum atomic E-state index is -0.391. The average molecular weight is 380 g/mol. The van der Waals surface area contributed by atoms with Gasteiger partial charge in [0.15, 0.2) is 0 Å². The molecule has 0 amide bonds. The van der Waals surface area contributed by atoms with Gasteiger partial charge in [-0.1, -0.05) is 31.9 Å². The molecular weight excluding hydrogens is 368 g/mol. The molecule has 18 heavy (non-hydrogen) atoms. The molecule has 0 fully saturated rings. The molecule has 1 aromatic rings. The van der Waals surface area contributed by atoms with Crippen molar-refractivity contribution < 1.29 is 19.1 Å². The molecule has 0 radical (unpaired) electrons. The van der Waals surface area contributed by atoms with E-state index in [2.05, 4.69) is 31.9 Å². The lowest BCUT2D eigenvalue weighted by molar-refractivity contribution is -0.133. The summed E-state index contributed by atoms with van der Waals surface area (Å²) in [4.78, 5) is 22.0. The molecule has 0 aromatic heterocycles. The van der Waals surface area contributed by atoms with E-state index in [9.17, 15) is 9.59 Å². The van der Waals surface area contributed by atoms with Crippen molar-refractivity contribution in [3.63, 3.8) is 0 Å². The van der Waals surface area contributed by atoms with Gasteiger partial charge in [0.25, 0.3) is 0 Å². The first-order valence-electron chi connectivity index (χ1n) is 5.13. The molecule has 0 unspecified atom stereocenters. The Balaban J connectivity index is 3.26. The maximum atomic E-state index is 11.0. The van der Waals surface area contributed by atoms with Crippen LogP contribution in [0.5, 0.6) is 11.5 Å². The van der Waals surface area contributed by atoms with Crippen molar-refractivity contribution in [1.82, 2.24) is 0 Å². The maximum absolute atomic E-state index is 11.0. The molecule has 0 aliphatic carbocycles. The molecule has 6 heteroatoms. The number of benzene rings is 1. The molecule has 0 bridgehead atoms. The van der Waals surface area contributed by atoms with E-state index < -0.39 is 11.9 Å². The highest BCUT2D eigenvalue weighted by Gasteiger charge is 2.16. The fraction of sp³-hybridized carbons (Fsp3) is 0.333. The Morgan fingerprint density at radius 1 is 0.944 bits per heavy atom. The predicted molar refractivity (Wildman–Crippen MR) is 74.3 cm³/mol. The summed E-state index contributed by atoms with van der Waals surface area (Å²) in [7, 11) is 0. The van der Waals surface area contributed by atoms with Crippen LogP contribution >= 0.6 is 31.9 Å². The van der Waals surface area contributed by atoms with Crippen molar-refractivity contribution in [3.05, 3.63) is 23.3 Å². The van der Waals surface area contributed by atoms with Gasteiger partial charge in [-0.05, 0) is 12.1 Å². The van der Waals surface area contributed by atoms with Gasteiger partial charge in [-0.3, -0.25) is 9.59 Å². The summed E-state index contributed by atoms with van der Waals surface area (Å²) in [6.07, 6.45) is 0. The van der Waals surface area contributed by atoms with E-state index in [1.165, 1.54) is 13.8 Å². The highest BCUT2D eigenvalue weighted by Crippen LogP contribution is 2.34. The lowest BCUT2D eigenvalue weighted by atomic mass is 10.1. The van der Waals surface area contributed by atoms with Crippen molar-refractivity contribution in [1.29, 1.82) is 0 Å². The topological polar surface area (TPSA) is 52.6 Å². The molecule has 98 valence electrons. The molecule has 0 heterocycles. The molecule has 4 nitrogen and oxygen atoms in total. The first-order chi connectivity index (χ1) is 8.49. The third-order valence-corrected chi connectivity index (χ3v) is 3.24. The summed E-state index contributed by atoms with van der Waals surface area (Å²) in [6, 6.07) is 3.23. The number of carbonyl (C=O) groups is 2. The Morgan fingerprint density at radius 3 is 1.50 bits per heavy atom. The van der Waals surface area contributed by atoms with Crippen molar-refractivity contribution in [3.8, 4) is 11.5 Å². The number of ether oxygens (including phenoxy) is 2. The van der Waals surface area contributed by atoms with Gasteiger partial charge >= 0.3 is 11.9 Å². The highest BCUT2D eigenvalue weighted by molar-refractivity contribution is 9.09. The fourth-order valence-electron chi connectivity index (χ4n) is 1.44. The maximum Gasteiger partial charge on any atom is 0.308 e. The smallest absolute Gasteiger partial charge is 0.308 e. The predicted octanol–water partition coefficient (Wildman–Crippen LogP) is 3.33. The number of carbonyl (C=O) groups excluding carboxylic acids is 2. The van der Waals surface area contributed by atoms with Gasteiger partial charge in [0.1, 0.15) is 11.5 Å². The molecule has 0 atom stereocenters. The van der Waals surface area contributed by atoms with Crippen LogP contribution in [0.4, 0.5) is 0 Å². The lowest BCUT2D eigenvalue weighted by Crippen LogP contribution is -2.08. The Bertz CT molecular complexity index is 428. The van der Waals surface area contributed by atoms with Gasteiger partial charge in [0.2, 0.25) is 0 Å². The van der Waals surface area contributed by atoms with Crippen molar-refractivity contribution in [2.45, 2.75) is 24.5 Å². The zero-order valence-corrected chi connectivity index (χ0v) is 13.1. The molecule has 0 saturated carbocycles. The zero-order chi connectivity index (χ0) is 13.7. The third-order valence-electron chi connectivity index (χ3n) is 2.12. The first-order valence-corrected chi connectivity index (χ1v) is 7.37. The van der Waals surface area contributed by atoms with E-state index in [0.29, 0.717) is 22.2 Å². The monoisotopic (exact) mass is 378 g/mol. The number of rotatable bonds is 4. The molecule has 0 N–H and O–H groups in total. The van der Waals surface area contributed by atoms with E-state index in [1.807, 2.05) is 0 Å². The first kappa shape index (κ1) is 15.2. The summed E-state index contributed by atoms with van der Waals surface area (Å²) in [5.41, 5.74) is 1.56. The second kappa shape index (κ2) is 6.89. The Kier molecular flexibility index (Phi) is 5.81. The van der Waals surface area contributed by atoms with Gasteiger partial charge in [0, 0.05) is 35.6 Å². The molecule has 0 aliphatic rings. The van der Waals surface area contributed by atoms with Gasteiger partial charge in [0.05, 0.1) is 0 Å². The van der Waals surface area contributed by atoms with Gasteiger partial charge < -0.3 is 9.47 Å². The normalized spacial score (nSPS) is 10.0. The van der Waals surface area contributed by atoms with Crippen LogP contribution in [-0.2, 0) is 20.2 Å². The van der Waals surface area contributed by atoms with E-state index in [1.54, 1.807) is 12.1 Å². The van der Waals surface area contributed by atoms with Crippen molar-refractivity contribution in [2.24, 2.45) is 0 Å². The number of hydrogen-bond acceptors (Lipinski definition) is 4. The van der Waals surface area contributed by atoms with Crippen LogP contribution < -0.4 is 9.47 Å². The highest BCUT2D eigenvalue weighted by atomic mass is 79.9. The largest absolute Gasteiger partial charge is 0.426 e. The molecule has 1 aromatic carbocycles. The summed E-state index contributed by atoms with van der Waals surface area (Å²) in [5, 5.41) is 0.983. The molecule has 1 rings (SSSR count). The van der Waals surface area contributed by atoms with Crippen LogP contribution in [0.1, 0.15) is 25.0 Å². The quantitative estimate of drug-likeness (QED) is 0.457. The van der Waals surface area contributed by atoms with Gasteiger partial charge in [-0.25, -0.2) is 0 Å². The Morgan fingerprint density at radius 2 is 1.28 bits per heavy atom. The second-order valence-corrected chi connectivity index (χ2v) is 4.59. The van der Waals surface area contributed by atoms with Gasteiger partial charge in [-0.15, -0.1) is 0 Å². The number of halogens is 2. The molecular formula is C12H12Br2O4. The molecule has 0 spiro atoms. The summed E-state index contributed by atoms with van der Waals surface area (Å²) < 4.78 is 10.2. The van der Waals surface area contributed by atoms with Crippen LogP contribution in [0.2, 0.25) is 0 Å². The van der Waals surface area contributed by atoms with E-state index in [4.69, 9.17) is 9.47 Å². The third kappa shape index (κ3) is 3.81. The van der Waals surface area contributed by atoms with Crippen LogP contribution in [0.3, 0.4) is 0 Å². The minimum Gasteiger partial charge on any atom is -0.426 e. The Labute approximate surface area is 122 Å². The SMILES string of the molecule is CC(=O)Oc1ccc(OC(C)=O)c(CBr)c1CBr. The average Bonchev–Trinajstić information content (AvgIpc) is 2.29. The Hall–Kier alpha value is -0.880. The number of hydrogen-bond donors (Lipinski definition) is 0. The van der Waals surface area contributed by atoms with Crippen molar-refractivity contribution in [2.75, 3.05) is 0 Å². The second-order valence-electron chi connectivity index (χ2n) is 3.47. The van der Waals surface area contributed by atoms with Crippen molar-refractivity contribution >= 4 is 43.8 Å². The van der Waals surface area contributed by atoms with Crippen LogP contribution in [0.25, 0.3) is 0 Å². The van der Waals surface area contributed by atoms with E-state index in [0.717, 1.165) is 11.1 Å². The fourth-order valence-corrected chi connectivity index (χ4v) is 2.67. The lowest BCUT2D eigenvalue weighted by Gasteiger charge is -2.14. The van der Waals surface area contributed by atoms with Gasteiger partial charge in [-0.2, -0.15) is 0 Å².